The van der Waals surface area contributed by atoms with Gasteiger partial charge in [-0.2, -0.15) is 0 Å². The van der Waals surface area contributed by atoms with Crippen molar-refractivity contribution >= 4 is 0 Å². The Morgan fingerprint density at radius 2 is 1.65 bits per heavy atom. The molecule has 3 aliphatic heterocycles. The summed E-state index contributed by atoms with van der Waals surface area (Å²) in [6, 6.07) is 10.2. The van der Waals surface area contributed by atoms with Crippen LogP contribution in [0.5, 0.6) is 0 Å². The second-order valence-corrected chi connectivity index (χ2v) is 6.10. The summed E-state index contributed by atoms with van der Waals surface area (Å²) in [5.74, 6) is -0.646. The molecular weight excluding hydrogens is 256 g/mol. The van der Waals surface area contributed by atoms with Crippen molar-refractivity contribution in [3.8, 4) is 0 Å². The Bertz CT molecular complexity index is 419. The Labute approximate surface area is 120 Å². The van der Waals surface area contributed by atoms with Gasteiger partial charge in [-0.15, -0.1) is 0 Å². The number of hydrogen-bond acceptors (Lipinski definition) is 4. The first-order valence-electron chi connectivity index (χ1n) is 7.18. The lowest BCUT2D eigenvalue weighted by Crippen LogP contribution is -2.63. The van der Waals surface area contributed by atoms with Crippen LogP contribution < -0.4 is 0 Å². The predicted molar refractivity (Wildman–Crippen MR) is 74.0 cm³/mol. The molecule has 0 atom stereocenters. The van der Waals surface area contributed by atoms with Gasteiger partial charge in [-0.1, -0.05) is 44.2 Å². The van der Waals surface area contributed by atoms with Crippen LogP contribution in [-0.4, -0.2) is 32.4 Å². The molecule has 0 unspecified atom stereocenters. The third-order valence-corrected chi connectivity index (χ3v) is 3.97. The van der Waals surface area contributed by atoms with Crippen molar-refractivity contribution in [3.63, 3.8) is 0 Å². The maximum absolute atomic E-state index is 5.83. The molecule has 1 aromatic rings. The lowest BCUT2D eigenvalue weighted by atomic mass is 9.89. The van der Waals surface area contributed by atoms with E-state index in [-0.39, 0.29) is 11.3 Å². The van der Waals surface area contributed by atoms with Crippen LogP contribution in [-0.2, 0) is 25.6 Å². The van der Waals surface area contributed by atoms with Gasteiger partial charge in [-0.25, -0.2) is 0 Å². The van der Waals surface area contributed by atoms with Gasteiger partial charge >= 0.3 is 0 Å². The number of rotatable bonds is 5. The fourth-order valence-corrected chi connectivity index (χ4v) is 2.60. The van der Waals surface area contributed by atoms with Gasteiger partial charge in [0.1, 0.15) is 0 Å². The van der Waals surface area contributed by atoms with Gasteiger partial charge in [0.2, 0.25) is 0 Å². The molecule has 0 saturated carbocycles. The quantitative estimate of drug-likeness (QED) is 0.829. The first kappa shape index (κ1) is 14.0. The second-order valence-electron chi connectivity index (χ2n) is 6.10. The molecule has 0 N–H and O–H groups in total. The van der Waals surface area contributed by atoms with Crippen molar-refractivity contribution in [3.05, 3.63) is 35.9 Å². The molecule has 0 aliphatic carbocycles. The molecule has 20 heavy (non-hydrogen) atoms. The van der Waals surface area contributed by atoms with Crippen molar-refractivity contribution < 1.29 is 18.9 Å². The third kappa shape index (κ3) is 2.61. The number of hydrogen-bond donors (Lipinski definition) is 0. The molecule has 3 aliphatic rings. The van der Waals surface area contributed by atoms with Crippen molar-refractivity contribution in [2.24, 2.45) is 11.3 Å². The Hall–Kier alpha value is -0.940. The van der Waals surface area contributed by atoms with Crippen LogP contribution in [0.4, 0.5) is 0 Å². The van der Waals surface area contributed by atoms with E-state index in [2.05, 4.69) is 12.1 Å². The summed E-state index contributed by atoms with van der Waals surface area (Å²) in [6.07, 6.45) is 0. The van der Waals surface area contributed by atoms with Gasteiger partial charge in [-0.05, 0) is 5.56 Å². The lowest BCUT2D eigenvalue weighted by Gasteiger charge is -2.53. The SMILES string of the molecule is CC(C)C12OCC(COCc3ccccc3)(CO1)CO2. The van der Waals surface area contributed by atoms with E-state index in [0.717, 1.165) is 0 Å². The molecule has 4 heteroatoms. The molecule has 110 valence electrons. The van der Waals surface area contributed by atoms with E-state index in [1.807, 2.05) is 32.0 Å². The summed E-state index contributed by atoms with van der Waals surface area (Å²) in [7, 11) is 0. The van der Waals surface area contributed by atoms with E-state index in [0.29, 0.717) is 33.0 Å². The molecule has 4 rings (SSSR count). The lowest BCUT2D eigenvalue weighted by molar-refractivity contribution is -0.485. The Balaban J connectivity index is 1.52. The minimum absolute atomic E-state index is 0.161. The minimum atomic E-state index is -0.832. The number of ether oxygens (including phenoxy) is 4. The highest BCUT2D eigenvalue weighted by atomic mass is 16.9. The summed E-state index contributed by atoms with van der Waals surface area (Å²) in [6.45, 7) is 7.21. The molecule has 3 saturated heterocycles. The fraction of sp³-hybridized carbons (Fsp3) is 0.625. The standard InChI is InChI=1S/C16H22O4/c1-13(2)16-18-10-15(11-19-16,12-20-16)9-17-8-14-6-4-3-5-7-14/h3-7,13H,8-12H2,1-2H3. The second kappa shape index (κ2) is 5.45. The molecule has 3 fully saturated rings. The summed E-state index contributed by atoms with van der Waals surface area (Å²) < 4.78 is 23.3. The molecule has 0 radical (unpaired) electrons. The summed E-state index contributed by atoms with van der Waals surface area (Å²) in [4.78, 5) is 0. The molecule has 0 spiro atoms. The van der Waals surface area contributed by atoms with Crippen LogP contribution in [0.15, 0.2) is 30.3 Å². The van der Waals surface area contributed by atoms with Crippen molar-refractivity contribution in [1.29, 1.82) is 0 Å². The average molecular weight is 278 g/mol. The van der Waals surface area contributed by atoms with Crippen LogP contribution in [0.1, 0.15) is 19.4 Å². The van der Waals surface area contributed by atoms with Crippen molar-refractivity contribution in [1.82, 2.24) is 0 Å². The highest BCUT2D eigenvalue weighted by molar-refractivity contribution is 5.13. The van der Waals surface area contributed by atoms with Gasteiger partial charge in [-0.3, -0.25) is 0 Å². The normalized spacial score (nSPS) is 32.8. The summed E-state index contributed by atoms with van der Waals surface area (Å²) in [5, 5.41) is 0. The summed E-state index contributed by atoms with van der Waals surface area (Å²) >= 11 is 0. The zero-order valence-corrected chi connectivity index (χ0v) is 12.1. The first-order chi connectivity index (χ1) is 9.64. The fourth-order valence-electron chi connectivity index (χ4n) is 2.60. The largest absolute Gasteiger partial charge is 0.376 e. The van der Waals surface area contributed by atoms with E-state index in [1.165, 1.54) is 5.56 Å². The van der Waals surface area contributed by atoms with E-state index in [1.54, 1.807) is 0 Å². The zero-order chi connectivity index (χ0) is 14.1. The molecule has 4 nitrogen and oxygen atoms in total. The van der Waals surface area contributed by atoms with Crippen molar-refractivity contribution in [2.75, 3.05) is 26.4 Å². The molecule has 0 aromatic heterocycles. The minimum Gasteiger partial charge on any atom is -0.376 e. The van der Waals surface area contributed by atoms with Crippen molar-refractivity contribution in [2.45, 2.75) is 26.4 Å². The van der Waals surface area contributed by atoms with Crippen LogP contribution in [0, 0.1) is 11.3 Å². The topological polar surface area (TPSA) is 36.9 Å². The number of benzene rings is 1. The highest BCUT2D eigenvalue weighted by Gasteiger charge is 2.54. The number of fused-ring (bicyclic) bond motifs is 3. The average Bonchev–Trinajstić information content (AvgIpc) is 2.50. The van der Waals surface area contributed by atoms with Gasteiger partial charge in [0.25, 0.3) is 5.97 Å². The first-order valence-corrected chi connectivity index (χ1v) is 7.18. The molecule has 2 bridgehead atoms. The van der Waals surface area contributed by atoms with Gasteiger partial charge in [0, 0.05) is 5.92 Å². The van der Waals surface area contributed by atoms with Gasteiger partial charge in [0.05, 0.1) is 38.4 Å². The molecular formula is C16H22O4. The highest BCUT2D eigenvalue weighted by Crippen LogP contribution is 2.42. The predicted octanol–water partition coefficient (Wildman–Crippen LogP) is 2.58. The smallest absolute Gasteiger partial charge is 0.285 e. The van der Waals surface area contributed by atoms with E-state index >= 15 is 0 Å². The van der Waals surface area contributed by atoms with Crippen LogP contribution >= 0.6 is 0 Å². The molecule has 0 amide bonds. The monoisotopic (exact) mass is 278 g/mol. The summed E-state index contributed by atoms with van der Waals surface area (Å²) in [5.41, 5.74) is 1.01. The maximum Gasteiger partial charge on any atom is 0.285 e. The van der Waals surface area contributed by atoms with Crippen LogP contribution in [0.2, 0.25) is 0 Å². The van der Waals surface area contributed by atoms with Gasteiger partial charge in [0.15, 0.2) is 0 Å². The molecule has 3 heterocycles. The zero-order valence-electron chi connectivity index (χ0n) is 12.1. The van der Waals surface area contributed by atoms with Gasteiger partial charge < -0.3 is 18.9 Å². The Morgan fingerprint density at radius 1 is 1.05 bits per heavy atom. The maximum atomic E-state index is 5.83. The van der Waals surface area contributed by atoms with E-state index < -0.39 is 5.97 Å². The third-order valence-electron chi connectivity index (χ3n) is 3.97. The Morgan fingerprint density at radius 3 is 2.20 bits per heavy atom. The van der Waals surface area contributed by atoms with Crippen LogP contribution in [0.3, 0.4) is 0 Å². The van der Waals surface area contributed by atoms with E-state index in [9.17, 15) is 0 Å². The molecule has 1 aromatic carbocycles. The Kier molecular flexibility index (Phi) is 3.82. The van der Waals surface area contributed by atoms with E-state index in [4.69, 9.17) is 18.9 Å². The van der Waals surface area contributed by atoms with Crippen LogP contribution in [0.25, 0.3) is 0 Å².